The van der Waals surface area contributed by atoms with Gasteiger partial charge in [0.15, 0.2) is 15.8 Å². The number of hydrogen-bond acceptors (Lipinski definition) is 3. The van der Waals surface area contributed by atoms with Crippen LogP contribution in [0.3, 0.4) is 0 Å². The Balaban J connectivity index is 2.60. The molecule has 1 aromatic rings. The molecule has 19 heavy (non-hydrogen) atoms. The third-order valence-corrected chi connectivity index (χ3v) is 4.94. The zero-order valence-electron chi connectivity index (χ0n) is 10.5. The Morgan fingerprint density at radius 1 is 1.32 bits per heavy atom. The molecule has 0 radical (unpaired) electrons. The van der Waals surface area contributed by atoms with E-state index < -0.39 is 15.7 Å². The van der Waals surface area contributed by atoms with Gasteiger partial charge in [-0.3, -0.25) is 4.79 Å². The van der Waals surface area contributed by atoms with E-state index in [1.165, 1.54) is 6.07 Å². The molecule has 1 aliphatic rings. The minimum atomic E-state index is -3.31. The summed E-state index contributed by atoms with van der Waals surface area (Å²) in [4.78, 5) is 15.5. The molecule has 1 heterocycles. The molecule has 2 rings (SSSR count). The number of benzene rings is 1. The summed E-state index contributed by atoms with van der Waals surface area (Å²) in [6, 6.07) is 3.11. The summed E-state index contributed by atoms with van der Waals surface area (Å²) in [6.07, 6.45) is 1.31. The Morgan fingerprint density at radius 2 is 2.00 bits per heavy atom. The van der Waals surface area contributed by atoms with Crippen LogP contribution >= 0.6 is 0 Å². The van der Waals surface area contributed by atoms with Gasteiger partial charge in [0.1, 0.15) is 0 Å². The van der Waals surface area contributed by atoms with Crippen molar-refractivity contribution in [3.05, 3.63) is 28.8 Å². The van der Waals surface area contributed by atoms with Gasteiger partial charge < -0.3 is 11.5 Å². The fourth-order valence-corrected chi connectivity index (χ4v) is 3.81. The highest BCUT2D eigenvalue weighted by molar-refractivity contribution is 7.91. The van der Waals surface area contributed by atoms with Crippen LogP contribution in [0, 0.1) is 6.92 Å². The summed E-state index contributed by atoms with van der Waals surface area (Å²) < 4.78 is 24.0. The SMILES string of the molecule is Cc1cc2c(cc1C(=O)N=C(N)N)S(=O)(=O)CCC2. The molecular weight excluding hydrogens is 266 g/mol. The molecule has 102 valence electrons. The number of aliphatic imine (C=N–C) groups is 1. The van der Waals surface area contributed by atoms with Gasteiger partial charge in [0.25, 0.3) is 5.91 Å². The van der Waals surface area contributed by atoms with Gasteiger partial charge in [-0.2, -0.15) is 4.99 Å². The lowest BCUT2D eigenvalue weighted by Crippen LogP contribution is -2.24. The van der Waals surface area contributed by atoms with E-state index in [4.69, 9.17) is 11.5 Å². The summed E-state index contributed by atoms with van der Waals surface area (Å²) in [7, 11) is -3.31. The summed E-state index contributed by atoms with van der Waals surface area (Å²) in [6.45, 7) is 1.73. The van der Waals surface area contributed by atoms with Gasteiger partial charge in [-0.15, -0.1) is 0 Å². The maximum absolute atomic E-state index is 12.0. The number of hydrogen-bond donors (Lipinski definition) is 2. The smallest absolute Gasteiger partial charge is 0.280 e. The molecule has 0 aromatic heterocycles. The Morgan fingerprint density at radius 3 is 2.63 bits per heavy atom. The van der Waals surface area contributed by atoms with E-state index in [9.17, 15) is 13.2 Å². The number of nitrogens with two attached hydrogens (primary N) is 2. The second-order valence-electron chi connectivity index (χ2n) is 4.54. The van der Waals surface area contributed by atoms with Crippen molar-refractivity contribution in [1.29, 1.82) is 0 Å². The molecule has 0 fully saturated rings. The number of guanidine groups is 1. The first-order valence-electron chi connectivity index (χ1n) is 5.81. The summed E-state index contributed by atoms with van der Waals surface area (Å²) in [5.74, 6) is -0.857. The average Bonchev–Trinajstić information content (AvgIpc) is 2.26. The van der Waals surface area contributed by atoms with E-state index in [1.807, 2.05) is 0 Å². The van der Waals surface area contributed by atoms with Gasteiger partial charge in [-0.1, -0.05) is 6.07 Å². The molecule has 0 saturated heterocycles. The summed E-state index contributed by atoms with van der Waals surface area (Å²) >= 11 is 0. The largest absolute Gasteiger partial charge is 0.370 e. The van der Waals surface area contributed by atoms with E-state index in [0.717, 1.165) is 5.56 Å². The number of nitrogens with zero attached hydrogens (tertiary/aromatic N) is 1. The van der Waals surface area contributed by atoms with Crippen LogP contribution in [0.15, 0.2) is 22.0 Å². The van der Waals surface area contributed by atoms with Crippen molar-refractivity contribution in [2.75, 3.05) is 5.75 Å². The second-order valence-corrected chi connectivity index (χ2v) is 6.62. The molecule has 0 unspecified atom stereocenters. The molecule has 1 amide bonds. The van der Waals surface area contributed by atoms with E-state index in [2.05, 4.69) is 4.99 Å². The normalized spacial score (nSPS) is 16.5. The van der Waals surface area contributed by atoms with Crippen LogP contribution < -0.4 is 11.5 Å². The van der Waals surface area contributed by atoms with Crippen molar-refractivity contribution in [3.8, 4) is 0 Å². The second kappa shape index (κ2) is 4.65. The lowest BCUT2D eigenvalue weighted by Gasteiger charge is -2.18. The van der Waals surface area contributed by atoms with Crippen LogP contribution in [-0.4, -0.2) is 26.0 Å². The van der Waals surface area contributed by atoms with Crippen molar-refractivity contribution in [3.63, 3.8) is 0 Å². The van der Waals surface area contributed by atoms with Crippen LogP contribution in [0.1, 0.15) is 27.9 Å². The molecule has 0 atom stereocenters. The monoisotopic (exact) mass is 281 g/mol. The van der Waals surface area contributed by atoms with E-state index in [-0.39, 0.29) is 22.2 Å². The number of carbonyl (C=O) groups excluding carboxylic acids is 1. The number of fused-ring (bicyclic) bond motifs is 1. The molecule has 0 aliphatic carbocycles. The fourth-order valence-electron chi connectivity index (χ4n) is 2.20. The van der Waals surface area contributed by atoms with Crippen molar-refractivity contribution in [2.24, 2.45) is 16.5 Å². The average molecular weight is 281 g/mol. The molecule has 4 N–H and O–H groups in total. The number of sulfone groups is 1. The number of rotatable bonds is 1. The Hall–Kier alpha value is -1.89. The highest BCUT2D eigenvalue weighted by Crippen LogP contribution is 2.28. The first-order chi connectivity index (χ1) is 8.81. The van der Waals surface area contributed by atoms with E-state index in [1.54, 1.807) is 13.0 Å². The standard InChI is InChI=1S/C12H15N3O3S/c1-7-5-8-3-2-4-19(17,18)10(8)6-9(7)11(16)15-12(13)14/h5-6H,2-4H2,1H3,(H4,13,14,15,16). The topological polar surface area (TPSA) is 116 Å². The van der Waals surface area contributed by atoms with E-state index >= 15 is 0 Å². The minimum absolute atomic E-state index is 0.110. The van der Waals surface area contributed by atoms with Crippen LogP contribution in [0.5, 0.6) is 0 Å². The maximum Gasteiger partial charge on any atom is 0.280 e. The molecule has 1 aliphatic heterocycles. The lowest BCUT2D eigenvalue weighted by atomic mass is 10.0. The highest BCUT2D eigenvalue weighted by atomic mass is 32.2. The number of aryl methyl sites for hydroxylation is 2. The van der Waals surface area contributed by atoms with Gasteiger partial charge in [0.2, 0.25) is 0 Å². The predicted octanol–water partition coefficient (Wildman–Crippen LogP) is 0.129. The van der Waals surface area contributed by atoms with Crippen LogP contribution in [0.25, 0.3) is 0 Å². The third kappa shape index (κ3) is 2.60. The quantitative estimate of drug-likeness (QED) is 0.560. The third-order valence-electron chi connectivity index (χ3n) is 3.06. The van der Waals surface area contributed by atoms with Gasteiger partial charge >= 0.3 is 0 Å². The molecule has 1 aromatic carbocycles. The molecule has 7 heteroatoms. The van der Waals surface area contributed by atoms with Crippen molar-refractivity contribution in [1.82, 2.24) is 0 Å². The van der Waals surface area contributed by atoms with Crippen LogP contribution in [0.4, 0.5) is 0 Å². The van der Waals surface area contributed by atoms with Crippen molar-refractivity contribution < 1.29 is 13.2 Å². The first kappa shape index (κ1) is 13.5. The Labute approximate surface area is 111 Å². The van der Waals surface area contributed by atoms with Gasteiger partial charge in [-0.25, -0.2) is 8.42 Å². The zero-order chi connectivity index (χ0) is 14.2. The number of amides is 1. The molecule has 0 saturated carbocycles. The number of carbonyl (C=O) groups is 1. The Kier molecular flexibility index (Phi) is 3.32. The first-order valence-corrected chi connectivity index (χ1v) is 7.47. The molecule has 6 nitrogen and oxygen atoms in total. The summed E-state index contributed by atoms with van der Waals surface area (Å²) in [5, 5.41) is 0. The zero-order valence-corrected chi connectivity index (χ0v) is 11.3. The molecular formula is C12H15N3O3S. The summed E-state index contributed by atoms with van der Waals surface area (Å²) in [5.41, 5.74) is 12.0. The Bertz CT molecular complexity index is 674. The predicted molar refractivity (Wildman–Crippen MR) is 71.7 cm³/mol. The van der Waals surface area contributed by atoms with Gasteiger partial charge in [0.05, 0.1) is 10.6 Å². The molecule has 0 spiro atoms. The van der Waals surface area contributed by atoms with Crippen molar-refractivity contribution in [2.45, 2.75) is 24.7 Å². The van der Waals surface area contributed by atoms with Crippen LogP contribution in [-0.2, 0) is 16.3 Å². The van der Waals surface area contributed by atoms with Gasteiger partial charge in [-0.05, 0) is 37.0 Å². The minimum Gasteiger partial charge on any atom is -0.370 e. The fraction of sp³-hybridized carbons (Fsp3) is 0.333. The maximum atomic E-state index is 12.0. The molecule has 0 bridgehead atoms. The highest BCUT2D eigenvalue weighted by Gasteiger charge is 2.25. The van der Waals surface area contributed by atoms with Crippen molar-refractivity contribution >= 4 is 21.7 Å². The van der Waals surface area contributed by atoms with Gasteiger partial charge in [0, 0.05) is 5.56 Å². The van der Waals surface area contributed by atoms with E-state index in [0.29, 0.717) is 18.4 Å². The lowest BCUT2D eigenvalue weighted by molar-refractivity contribution is 0.100. The van der Waals surface area contributed by atoms with Crippen LogP contribution in [0.2, 0.25) is 0 Å².